The number of hydrazine groups is 1. The van der Waals surface area contributed by atoms with Gasteiger partial charge in [-0.15, -0.1) is 0 Å². The Balaban J connectivity index is 1.50. The first-order valence-electron chi connectivity index (χ1n) is 17.6. The van der Waals surface area contributed by atoms with E-state index in [9.17, 15) is 14.4 Å². The fourth-order valence-corrected chi connectivity index (χ4v) is 5.80. The molecular formula is C35H64N4O5. The van der Waals surface area contributed by atoms with Crippen LogP contribution in [-0.4, -0.2) is 66.9 Å². The highest BCUT2D eigenvalue weighted by atomic mass is 16.7. The largest absolute Gasteiger partial charge is 0.353 e. The standard InChI is InChI=1S/C35H64N4O5/c1-6-7-8-9-10-11-12-13-14-15-16-17-18-19-20-23-31(41)38-39-26-21-22-29(27-39)37-30(40)24-25-36-33(42)32-34(2,3)28-43-35(4,5)44-32/h13-14,29,32H,6-12,15-28H2,1-5H3,(H,36,42)(H,37,40)(H,38,41). The van der Waals surface area contributed by atoms with Gasteiger partial charge >= 0.3 is 0 Å². The summed E-state index contributed by atoms with van der Waals surface area (Å²) < 4.78 is 11.6. The number of carbonyl (C=O) groups is 3. The van der Waals surface area contributed by atoms with Gasteiger partial charge in [0.15, 0.2) is 5.79 Å². The summed E-state index contributed by atoms with van der Waals surface area (Å²) >= 11 is 0. The maximum absolute atomic E-state index is 12.8. The van der Waals surface area contributed by atoms with Gasteiger partial charge in [-0.3, -0.25) is 19.8 Å². The van der Waals surface area contributed by atoms with Crippen molar-refractivity contribution in [1.82, 2.24) is 21.1 Å². The summed E-state index contributed by atoms with van der Waals surface area (Å²) in [7, 11) is 0. The van der Waals surface area contributed by atoms with Gasteiger partial charge in [0.2, 0.25) is 17.7 Å². The molecule has 9 heteroatoms. The van der Waals surface area contributed by atoms with Crippen LogP contribution in [0, 0.1) is 5.41 Å². The second kappa shape index (κ2) is 20.9. The van der Waals surface area contributed by atoms with Crippen LogP contribution < -0.4 is 16.1 Å². The van der Waals surface area contributed by atoms with E-state index in [-0.39, 0.29) is 36.7 Å². The van der Waals surface area contributed by atoms with E-state index >= 15 is 0 Å². The number of nitrogens with one attached hydrogen (secondary N) is 3. The third-order valence-corrected chi connectivity index (χ3v) is 8.53. The van der Waals surface area contributed by atoms with Gasteiger partial charge in [-0.2, -0.15) is 0 Å². The molecule has 2 unspecified atom stereocenters. The molecule has 0 aromatic carbocycles. The second-order valence-electron chi connectivity index (χ2n) is 13.9. The molecule has 0 aromatic rings. The molecule has 2 aliphatic rings. The van der Waals surface area contributed by atoms with Crippen molar-refractivity contribution in [3.63, 3.8) is 0 Å². The molecule has 2 saturated heterocycles. The first-order valence-corrected chi connectivity index (χ1v) is 17.6. The number of rotatable bonds is 21. The summed E-state index contributed by atoms with van der Waals surface area (Å²) in [6, 6.07) is -0.0225. The van der Waals surface area contributed by atoms with E-state index in [1.54, 1.807) is 13.8 Å². The summed E-state index contributed by atoms with van der Waals surface area (Å²) in [6.45, 7) is 11.8. The predicted molar refractivity (Wildman–Crippen MR) is 177 cm³/mol. The number of allylic oxidation sites excluding steroid dienone is 2. The fraction of sp³-hybridized carbons (Fsp3) is 0.857. The van der Waals surface area contributed by atoms with Crippen LogP contribution in [0.2, 0.25) is 0 Å². The number of hydrogen-bond acceptors (Lipinski definition) is 6. The van der Waals surface area contributed by atoms with E-state index in [1.165, 1.54) is 70.6 Å². The van der Waals surface area contributed by atoms with Gasteiger partial charge in [-0.1, -0.05) is 84.3 Å². The number of unbranched alkanes of at least 4 members (excludes halogenated alkanes) is 11. The van der Waals surface area contributed by atoms with Crippen LogP contribution in [0.4, 0.5) is 0 Å². The summed E-state index contributed by atoms with van der Waals surface area (Å²) in [5.41, 5.74) is 2.58. The monoisotopic (exact) mass is 620 g/mol. The summed E-state index contributed by atoms with van der Waals surface area (Å²) in [6.07, 6.45) is 22.7. The Labute approximate surface area is 268 Å². The topological polar surface area (TPSA) is 109 Å². The van der Waals surface area contributed by atoms with Crippen LogP contribution in [0.3, 0.4) is 0 Å². The zero-order valence-electron chi connectivity index (χ0n) is 28.6. The predicted octanol–water partition coefficient (Wildman–Crippen LogP) is 6.32. The van der Waals surface area contributed by atoms with Crippen LogP contribution in [0.15, 0.2) is 12.2 Å². The van der Waals surface area contributed by atoms with Gasteiger partial charge in [-0.05, 0) is 58.8 Å². The minimum atomic E-state index is -0.818. The van der Waals surface area contributed by atoms with E-state index in [0.29, 0.717) is 19.6 Å². The molecule has 2 atom stereocenters. The highest BCUT2D eigenvalue weighted by Gasteiger charge is 2.45. The van der Waals surface area contributed by atoms with Crippen molar-refractivity contribution in [2.75, 3.05) is 26.2 Å². The molecule has 0 aromatic heterocycles. The number of piperidine rings is 1. The Morgan fingerprint density at radius 1 is 0.841 bits per heavy atom. The number of ether oxygens (including phenoxy) is 2. The highest BCUT2D eigenvalue weighted by molar-refractivity contribution is 5.83. The van der Waals surface area contributed by atoms with Gasteiger partial charge in [0, 0.05) is 43.9 Å². The van der Waals surface area contributed by atoms with Crippen LogP contribution in [-0.2, 0) is 23.9 Å². The molecule has 0 bridgehead atoms. The molecule has 254 valence electrons. The molecular weight excluding hydrogens is 556 g/mol. The van der Waals surface area contributed by atoms with E-state index in [1.807, 2.05) is 18.9 Å². The smallest absolute Gasteiger partial charge is 0.249 e. The molecule has 2 heterocycles. The zero-order chi connectivity index (χ0) is 32.3. The third kappa shape index (κ3) is 16.4. The molecule has 3 N–H and O–H groups in total. The molecule has 2 fully saturated rings. The van der Waals surface area contributed by atoms with E-state index in [4.69, 9.17) is 9.47 Å². The van der Waals surface area contributed by atoms with Gasteiger partial charge in [-0.25, -0.2) is 5.01 Å². The lowest BCUT2D eigenvalue weighted by molar-refractivity contribution is -0.304. The quantitative estimate of drug-likeness (QED) is 0.102. The third-order valence-electron chi connectivity index (χ3n) is 8.53. The molecule has 0 spiro atoms. The Morgan fingerprint density at radius 2 is 1.48 bits per heavy atom. The Hall–Kier alpha value is -1.97. The SMILES string of the molecule is CCCCCCCCC=CCCCCCCCC(=O)NN1CCCC(NC(=O)CCNC(=O)C2OC(C)(C)OCC2(C)C)C1. The minimum absolute atomic E-state index is 0.0225. The van der Waals surface area contributed by atoms with Crippen molar-refractivity contribution in [1.29, 1.82) is 0 Å². The molecule has 2 rings (SSSR count). The van der Waals surface area contributed by atoms with Crippen molar-refractivity contribution in [3.8, 4) is 0 Å². The Kier molecular flexibility index (Phi) is 18.2. The Bertz CT molecular complexity index is 875. The fourth-order valence-electron chi connectivity index (χ4n) is 5.80. The molecule has 2 aliphatic heterocycles. The van der Waals surface area contributed by atoms with E-state index < -0.39 is 17.3 Å². The van der Waals surface area contributed by atoms with Gasteiger partial charge < -0.3 is 20.1 Å². The second-order valence-corrected chi connectivity index (χ2v) is 13.9. The minimum Gasteiger partial charge on any atom is -0.353 e. The molecule has 44 heavy (non-hydrogen) atoms. The maximum Gasteiger partial charge on any atom is 0.249 e. The summed E-state index contributed by atoms with van der Waals surface area (Å²) in [4.78, 5) is 37.8. The number of hydrogen-bond donors (Lipinski definition) is 3. The van der Waals surface area contributed by atoms with Crippen LogP contribution in [0.1, 0.15) is 144 Å². The number of nitrogens with zero attached hydrogens (tertiary/aromatic N) is 1. The average molecular weight is 621 g/mol. The van der Waals surface area contributed by atoms with Gasteiger partial charge in [0.25, 0.3) is 0 Å². The van der Waals surface area contributed by atoms with Crippen LogP contribution >= 0.6 is 0 Å². The molecule has 3 amide bonds. The van der Waals surface area contributed by atoms with Crippen molar-refractivity contribution >= 4 is 17.7 Å². The zero-order valence-corrected chi connectivity index (χ0v) is 28.6. The normalized spacial score (nSPS) is 21.7. The van der Waals surface area contributed by atoms with Crippen LogP contribution in [0.25, 0.3) is 0 Å². The van der Waals surface area contributed by atoms with Gasteiger partial charge in [0.05, 0.1) is 6.61 Å². The molecule has 9 nitrogen and oxygen atoms in total. The first-order chi connectivity index (χ1) is 21.0. The Morgan fingerprint density at radius 3 is 2.16 bits per heavy atom. The summed E-state index contributed by atoms with van der Waals surface area (Å²) in [5, 5.41) is 7.85. The van der Waals surface area contributed by atoms with E-state index in [0.717, 1.165) is 32.2 Å². The van der Waals surface area contributed by atoms with Crippen molar-refractivity contribution < 1.29 is 23.9 Å². The van der Waals surface area contributed by atoms with Crippen molar-refractivity contribution in [2.45, 2.75) is 162 Å². The lowest BCUT2D eigenvalue weighted by atomic mass is 9.85. The molecule has 0 aliphatic carbocycles. The van der Waals surface area contributed by atoms with Crippen LogP contribution in [0.5, 0.6) is 0 Å². The first kappa shape index (κ1) is 38.2. The molecule has 0 radical (unpaired) electrons. The number of amides is 3. The average Bonchev–Trinajstić information content (AvgIpc) is 2.96. The lowest BCUT2D eigenvalue weighted by Gasteiger charge is -2.44. The molecule has 0 saturated carbocycles. The van der Waals surface area contributed by atoms with Crippen molar-refractivity contribution in [2.24, 2.45) is 5.41 Å². The van der Waals surface area contributed by atoms with E-state index in [2.05, 4.69) is 35.1 Å². The number of carbonyl (C=O) groups excluding carboxylic acids is 3. The lowest BCUT2D eigenvalue weighted by Crippen LogP contribution is -2.56. The summed E-state index contributed by atoms with van der Waals surface area (Å²) in [5.74, 6) is -1.10. The van der Waals surface area contributed by atoms with Gasteiger partial charge in [0.1, 0.15) is 6.10 Å². The highest BCUT2D eigenvalue weighted by Crippen LogP contribution is 2.34. The van der Waals surface area contributed by atoms with Crippen molar-refractivity contribution in [3.05, 3.63) is 12.2 Å². The maximum atomic E-state index is 12.8.